The van der Waals surface area contributed by atoms with E-state index in [1.807, 2.05) is 13.8 Å². The van der Waals surface area contributed by atoms with Gasteiger partial charge in [-0.05, 0) is 12.3 Å². The minimum absolute atomic E-state index is 0.0963. The molecule has 0 spiro atoms. The van der Waals surface area contributed by atoms with Crippen molar-refractivity contribution in [3.05, 3.63) is 17.6 Å². The molecule has 17 heavy (non-hydrogen) atoms. The predicted octanol–water partition coefficient (Wildman–Crippen LogP) is 1.08. The van der Waals surface area contributed by atoms with Gasteiger partial charge in [-0.15, -0.1) is 0 Å². The van der Waals surface area contributed by atoms with Gasteiger partial charge in [0.25, 0.3) is 0 Å². The Bertz CT molecular complexity index is 526. The number of sulfone groups is 1. The number of nitrogens with two attached hydrogens (primary N) is 1. The third-order valence-electron chi connectivity index (χ3n) is 2.97. The van der Waals surface area contributed by atoms with Crippen molar-refractivity contribution in [1.29, 1.82) is 0 Å². The maximum absolute atomic E-state index is 11.4. The van der Waals surface area contributed by atoms with Crippen molar-refractivity contribution in [2.45, 2.75) is 32.1 Å². The van der Waals surface area contributed by atoms with Crippen LogP contribution >= 0.6 is 0 Å². The Morgan fingerprint density at radius 1 is 1.41 bits per heavy atom. The SMILES string of the molecule is CC(C)c1cc(N)nc(C2CCS(=O)(=O)C2)n1. The van der Waals surface area contributed by atoms with Crippen molar-refractivity contribution in [1.82, 2.24) is 9.97 Å². The number of rotatable bonds is 2. The molecule has 2 rings (SSSR count). The molecule has 2 N–H and O–H groups in total. The molecule has 1 unspecified atom stereocenters. The predicted molar refractivity (Wildman–Crippen MR) is 66.5 cm³/mol. The van der Waals surface area contributed by atoms with E-state index >= 15 is 0 Å². The second kappa shape index (κ2) is 4.25. The Morgan fingerprint density at radius 2 is 2.12 bits per heavy atom. The molecule has 94 valence electrons. The molecule has 0 aromatic carbocycles. The van der Waals surface area contributed by atoms with Crippen LogP contribution in [0, 0.1) is 0 Å². The first-order valence-corrected chi connectivity index (χ1v) is 7.54. The van der Waals surface area contributed by atoms with E-state index in [1.165, 1.54) is 0 Å². The van der Waals surface area contributed by atoms with Crippen molar-refractivity contribution in [3.8, 4) is 0 Å². The fraction of sp³-hybridized carbons (Fsp3) is 0.636. The average molecular weight is 255 g/mol. The van der Waals surface area contributed by atoms with Gasteiger partial charge in [0.1, 0.15) is 11.6 Å². The molecule has 0 saturated carbocycles. The largest absolute Gasteiger partial charge is 0.384 e. The summed E-state index contributed by atoms with van der Waals surface area (Å²) in [5.74, 6) is 1.54. The number of aromatic nitrogens is 2. The number of nitrogens with zero attached hydrogens (tertiary/aromatic N) is 2. The van der Waals surface area contributed by atoms with E-state index in [0.717, 1.165) is 5.69 Å². The highest BCUT2D eigenvalue weighted by Crippen LogP contribution is 2.28. The molecular weight excluding hydrogens is 238 g/mol. The molecule has 1 aliphatic heterocycles. The van der Waals surface area contributed by atoms with E-state index < -0.39 is 9.84 Å². The Kier molecular flexibility index (Phi) is 3.07. The molecule has 0 radical (unpaired) electrons. The fourth-order valence-corrected chi connectivity index (χ4v) is 3.72. The zero-order valence-electron chi connectivity index (χ0n) is 10.0. The molecule has 1 aromatic heterocycles. The lowest BCUT2D eigenvalue weighted by molar-refractivity contribution is 0.601. The van der Waals surface area contributed by atoms with Gasteiger partial charge >= 0.3 is 0 Å². The maximum atomic E-state index is 11.4. The molecule has 5 nitrogen and oxygen atoms in total. The summed E-state index contributed by atoms with van der Waals surface area (Å²) in [6, 6.07) is 1.75. The van der Waals surface area contributed by atoms with Gasteiger partial charge in [-0.3, -0.25) is 0 Å². The second-order valence-corrected chi connectivity index (χ2v) is 7.06. The van der Waals surface area contributed by atoms with Crippen LogP contribution in [0.4, 0.5) is 5.82 Å². The third-order valence-corrected chi connectivity index (χ3v) is 4.74. The fourth-order valence-electron chi connectivity index (χ4n) is 1.98. The lowest BCUT2D eigenvalue weighted by Gasteiger charge is -2.11. The van der Waals surface area contributed by atoms with Gasteiger partial charge in [-0.2, -0.15) is 0 Å². The van der Waals surface area contributed by atoms with Crippen LogP contribution in [0.1, 0.15) is 43.6 Å². The summed E-state index contributed by atoms with van der Waals surface area (Å²) in [5.41, 5.74) is 6.60. The molecule has 1 saturated heterocycles. The molecular formula is C11H17N3O2S. The van der Waals surface area contributed by atoms with Gasteiger partial charge < -0.3 is 5.73 Å². The first-order chi connectivity index (χ1) is 7.87. The number of nitrogen functional groups attached to an aromatic ring is 1. The zero-order chi connectivity index (χ0) is 12.6. The van der Waals surface area contributed by atoms with Crippen molar-refractivity contribution in [3.63, 3.8) is 0 Å². The third kappa shape index (κ3) is 2.74. The van der Waals surface area contributed by atoms with E-state index in [-0.39, 0.29) is 23.3 Å². The molecule has 1 atom stereocenters. The highest BCUT2D eigenvalue weighted by molar-refractivity contribution is 7.91. The van der Waals surface area contributed by atoms with Crippen LogP contribution < -0.4 is 5.73 Å². The summed E-state index contributed by atoms with van der Waals surface area (Å²) in [4.78, 5) is 8.59. The van der Waals surface area contributed by atoms with Crippen LogP contribution in [0.3, 0.4) is 0 Å². The van der Waals surface area contributed by atoms with E-state index in [9.17, 15) is 8.42 Å². The smallest absolute Gasteiger partial charge is 0.151 e. The van der Waals surface area contributed by atoms with Crippen LogP contribution in [0.2, 0.25) is 0 Å². The molecule has 6 heteroatoms. The van der Waals surface area contributed by atoms with Gasteiger partial charge in [0, 0.05) is 17.7 Å². The Balaban J connectivity index is 2.33. The van der Waals surface area contributed by atoms with Crippen LogP contribution in [0.5, 0.6) is 0 Å². The molecule has 0 aliphatic carbocycles. The Morgan fingerprint density at radius 3 is 2.65 bits per heavy atom. The first-order valence-electron chi connectivity index (χ1n) is 5.72. The van der Waals surface area contributed by atoms with Gasteiger partial charge in [-0.25, -0.2) is 18.4 Å². The van der Waals surface area contributed by atoms with Crippen molar-refractivity contribution in [2.24, 2.45) is 0 Å². The summed E-state index contributed by atoms with van der Waals surface area (Å²) in [5, 5.41) is 0. The van der Waals surface area contributed by atoms with Crippen LogP contribution in [-0.2, 0) is 9.84 Å². The summed E-state index contributed by atoms with van der Waals surface area (Å²) in [6.07, 6.45) is 0.601. The van der Waals surface area contributed by atoms with Crippen molar-refractivity contribution >= 4 is 15.7 Å². The molecule has 0 bridgehead atoms. The molecule has 0 amide bonds. The van der Waals surface area contributed by atoms with Crippen molar-refractivity contribution in [2.75, 3.05) is 17.2 Å². The highest BCUT2D eigenvalue weighted by Gasteiger charge is 2.31. The molecule has 1 aromatic rings. The van der Waals surface area contributed by atoms with E-state index in [2.05, 4.69) is 9.97 Å². The van der Waals surface area contributed by atoms with Gasteiger partial charge in [0.15, 0.2) is 9.84 Å². The highest BCUT2D eigenvalue weighted by atomic mass is 32.2. The second-order valence-electron chi connectivity index (χ2n) is 4.83. The van der Waals surface area contributed by atoms with E-state index in [1.54, 1.807) is 6.07 Å². The summed E-state index contributed by atoms with van der Waals surface area (Å²) >= 11 is 0. The topological polar surface area (TPSA) is 85.9 Å². The number of hydrogen-bond acceptors (Lipinski definition) is 5. The molecule has 1 fully saturated rings. The normalized spacial score (nSPS) is 23.1. The van der Waals surface area contributed by atoms with Gasteiger partial charge in [-0.1, -0.05) is 13.8 Å². The summed E-state index contributed by atoms with van der Waals surface area (Å²) in [7, 11) is -2.91. The lowest BCUT2D eigenvalue weighted by Crippen LogP contribution is -2.11. The quantitative estimate of drug-likeness (QED) is 0.854. The maximum Gasteiger partial charge on any atom is 0.151 e. The zero-order valence-corrected chi connectivity index (χ0v) is 10.9. The minimum atomic E-state index is -2.91. The molecule has 1 aliphatic rings. The van der Waals surface area contributed by atoms with Crippen LogP contribution in [0.15, 0.2) is 6.07 Å². The number of anilines is 1. The van der Waals surface area contributed by atoms with Gasteiger partial charge in [0.2, 0.25) is 0 Å². The molecule has 2 heterocycles. The van der Waals surface area contributed by atoms with E-state index in [4.69, 9.17) is 5.73 Å². The Labute approximate surface area is 101 Å². The average Bonchev–Trinajstić information content (AvgIpc) is 2.58. The first kappa shape index (κ1) is 12.3. The number of hydrogen-bond donors (Lipinski definition) is 1. The summed E-state index contributed by atoms with van der Waals surface area (Å²) in [6.45, 7) is 4.05. The van der Waals surface area contributed by atoms with Crippen molar-refractivity contribution < 1.29 is 8.42 Å². The van der Waals surface area contributed by atoms with Gasteiger partial charge in [0.05, 0.1) is 11.5 Å². The Hall–Kier alpha value is -1.17. The van der Waals surface area contributed by atoms with E-state index in [0.29, 0.717) is 18.1 Å². The summed E-state index contributed by atoms with van der Waals surface area (Å²) < 4.78 is 22.9. The lowest BCUT2D eigenvalue weighted by atomic mass is 10.1. The van der Waals surface area contributed by atoms with Crippen LogP contribution in [-0.4, -0.2) is 29.9 Å². The monoisotopic (exact) mass is 255 g/mol. The van der Waals surface area contributed by atoms with Crippen LogP contribution in [0.25, 0.3) is 0 Å². The minimum Gasteiger partial charge on any atom is -0.384 e. The standard InChI is InChI=1S/C11H17N3O2S/c1-7(2)9-5-10(12)14-11(13-9)8-3-4-17(15,16)6-8/h5,7-8H,3-4,6H2,1-2H3,(H2,12,13,14).